The van der Waals surface area contributed by atoms with Gasteiger partial charge in [0.05, 0.1) is 12.4 Å². The van der Waals surface area contributed by atoms with Crippen LogP contribution in [0.25, 0.3) is 0 Å². The molecule has 6 nitrogen and oxygen atoms in total. The number of carbonyl (C=O) groups is 1. The quantitative estimate of drug-likeness (QED) is 0.894. The third kappa shape index (κ3) is 3.93. The maximum atomic E-state index is 13.1. The zero-order chi connectivity index (χ0) is 18.9. The second-order valence-corrected chi connectivity index (χ2v) is 7.74. The predicted octanol–water partition coefficient (Wildman–Crippen LogP) is 2.21. The molecule has 1 atom stereocenters. The van der Waals surface area contributed by atoms with Crippen molar-refractivity contribution in [1.29, 1.82) is 0 Å². The fourth-order valence-corrected chi connectivity index (χ4v) is 4.38. The molecule has 2 fully saturated rings. The third-order valence-electron chi connectivity index (χ3n) is 5.70. The van der Waals surface area contributed by atoms with E-state index in [9.17, 15) is 9.18 Å². The second-order valence-electron chi connectivity index (χ2n) is 7.74. The molecule has 2 aliphatic rings. The van der Waals surface area contributed by atoms with Gasteiger partial charge in [-0.25, -0.2) is 9.37 Å². The number of rotatable bonds is 4. The Balaban J connectivity index is 1.44. The van der Waals surface area contributed by atoms with E-state index in [1.54, 1.807) is 6.20 Å². The third-order valence-corrected chi connectivity index (χ3v) is 5.70. The van der Waals surface area contributed by atoms with Crippen LogP contribution in [-0.2, 0) is 6.54 Å². The highest BCUT2D eigenvalue weighted by molar-refractivity contribution is 5.90. The molecule has 1 spiro atoms. The normalized spacial score (nSPS) is 23.1. The number of aromatic nitrogens is 2. The van der Waals surface area contributed by atoms with E-state index in [1.807, 2.05) is 12.1 Å². The summed E-state index contributed by atoms with van der Waals surface area (Å²) in [5.74, 6) is -0.0279. The summed E-state index contributed by atoms with van der Waals surface area (Å²) in [6.45, 7) is 4.74. The Labute approximate surface area is 158 Å². The Morgan fingerprint density at radius 2 is 1.96 bits per heavy atom. The van der Waals surface area contributed by atoms with Crippen molar-refractivity contribution in [3.05, 3.63) is 53.7 Å². The fraction of sp³-hybridized carbons (Fsp3) is 0.450. The van der Waals surface area contributed by atoms with Gasteiger partial charge < -0.3 is 10.6 Å². The molecular weight excluding hydrogens is 345 g/mol. The van der Waals surface area contributed by atoms with E-state index >= 15 is 0 Å². The van der Waals surface area contributed by atoms with Gasteiger partial charge in [0.25, 0.3) is 5.91 Å². The Kier molecular flexibility index (Phi) is 4.78. The summed E-state index contributed by atoms with van der Waals surface area (Å²) in [5, 5.41) is 0. The Hall–Kier alpha value is -2.54. The molecule has 2 aromatic rings. The van der Waals surface area contributed by atoms with Crippen LogP contribution in [0.3, 0.4) is 0 Å². The van der Waals surface area contributed by atoms with Crippen LogP contribution in [-0.4, -0.2) is 47.0 Å². The smallest absolute Gasteiger partial charge is 0.268 e. The molecule has 142 valence electrons. The van der Waals surface area contributed by atoms with Crippen LogP contribution in [0.2, 0.25) is 0 Å². The van der Waals surface area contributed by atoms with Gasteiger partial charge in [-0.1, -0.05) is 12.1 Å². The van der Waals surface area contributed by atoms with Crippen LogP contribution in [0.4, 0.5) is 10.2 Å². The predicted molar refractivity (Wildman–Crippen MR) is 101 cm³/mol. The molecule has 0 saturated carbocycles. The van der Waals surface area contributed by atoms with Gasteiger partial charge in [-0.15, -0.1) is 0 Å². The second kappa shape index (κ2) is 7.23. The molecule has 2 saturated heterocycles. The van der Waals surface area contributed by atoms with Gasteiger partial charge in [-0.3, -0.25) is 14.7 Å². The average Bonchev–Trinajstić information content (AvgIpc) is 3.07. The number of primary amides is 1. The molecule has 2 aliphatic heterocycles. The summed E-state index contributed by atoms with van der Waals surface area (Å²) in [6.07, 6.45) is 6.54. The number of hydrogen-bond donors (Lipinski definition) is 1. The van der Waals surface area contributed by atoms with E-state index in [4.69, 9.17) is 5.73 Å². The van der Waals surface area contributed by atoms with E-state index in [0.717, 1.165) is 56.9 Å². The first-order valence-electron chi connectivity index (χ1n) is 9.37. The number of benzene rings is 1. The molecule has 1 aromatic heterocycles. The lowest BCUT2D eigenvalue weighted by atomic mass is 9.79. The summed E-state index contributed by atoms with van der Waals surface area (Å²) in [5.41, 5.74) is 6.90. The van der Waals surface area contributed by atoms with Crippen molar-refractivity contribution in [2.24, 2.45) is 11.1 Å². The molecule has 1 unspecified atom stereocenters. The largest absolute Gasteiger partial charge is 0.364 e. The maximum Gasteiger partial charge on any atom is 0.268 e. The van der Waals surface area contributed by atoms with Crippen molar-refractivity contribution < 1.29 is 9.18 Å². The number of nitrogens with zero attached hydrogens (tertiary/aromatic N) is 4. The first kappa shape index (κ1) is 17.9. The number of carbonyl (C=O) groups excluding carboxylic acids is 1. The first-order valence-corrected chi connectivity index (χ1v) is 9.37. The van der Waals surface area contributed by atoms with Crippen molar-refractivity contribution in [2.45, 2.75) is 25.8 Å². The molecule has 3 heterocycles. The minimum Gasteiger partial charge on any atom is -0.364 e. The monoisotopic (exact) mass is 369 g/mol. The lowest BCUT2D eigenvalue weighted by molar-refractivity contribution is 0.0991. The van der Waals surface area contributed by atoms with Gasteiger partial charge in [-0.05, 0) is 43.5 Å². The topological polar surface area (TPSA) is 75.4 Å². The molecule has 27 heavy (non-hydrogen) atoms. The van der Waals surface area contributed by atoms with Crippen molar-refractivity contribution in [3.63, 3.8) is 0 Å². The van der Waals surface area contributed by atoms with Crippen molar-refractivity contribution in [2.75, 3.05) is 31.1 Å². The molecular formula is C20H24FN5O. The van der Waals surface area contributed by atoms with Crippen LogP contribution >= 0.6 is 0 Å². The number of likely N-dealkylation sites (tertiary alicyclic amines) is 1. The van der Waals surface area contributed by atoms with Crippen LogP contribution in [0.1, 0.15) is 35.3 Å². The number of anilines is 1. The Morgan fingerprint density at radius 3 is 2.74 bits per heavy atom. The van der Waals surface area contributed by atoms with Gasteiger partial charge in [-0.2, -0.15) is 0 Å². The van der Waals surface area contributed by atoms with Gasteiger partial charge in [0.1, 0.15) is 17.3 Å². The SMILES string of the molecule is NC(=O)c1cncc(N2CCC3(CCCN(Cc4ccc(F)cc4)C3)C2)n1. The van der Waals surface area contributed by atoms with Crippen LogP contribution < -0.4 is 10.6 Å². The van der Waals surface area contributed by atoms with E-state index in [-0.39, 0.29) is 16.9 Å². The standard InChI is InChI=1S/C20H24FN5O/c21-16-4-2-15(3-5-16)12-25-8-1-6-20(13-25)7-9-26(14-20)18-11-23-10-17(24-18)19(22)27/h2-5,10-11H,1,6-9,12-14H2,(H2,22,27). The van der Waals surface area contributed by atoms with Crippen molar-refractivity contribution in [1.82, 2.24) is 14.9 Å². The van der Waals surface area contributed by atoms with Crippen LogP contribution in [0.5, 0.6) is 0 Å². The summed E-state index contributed by atoms with van der Waals surface area (Å²) < 4.78 is 13.1. The highest BCUT2D eigenvalue weighted by Crippen LogP contribution is 2.40. The van der Waals surface area contributed by atoms with E-state index in [0.29, 0.717) is 0 Å². The molecule has 7 heteroatoms. The van der Waals surface area contributed by atoms with Gasteiger partial charge in [0.2, 0.25) is 0 Å². The summed E-state index contributed by atoms with van der Waals surface area (Å²) in [6, 6.07) is 6.78. The maximum absolute atomic E-state index is 13.1. The van der Waals surface area contributed by atoms with Gasteiger partial charge >= 0.3 is 0 Å². The molecule has 1 amide bonds. The number of nitrogens with two attached hydrogens (primary N) is 1. The zero-order valence-corrected chi connectivity index (χ0v) is 15.3. The lowest BCUT2D eigenvalue weighted by Gasteiger charge is -2.40. The minimum atomic E-state index is -0.554. The van der Waals surface area contributed by atoms with Crippen LogP contribution in [0, 0.1) is 11.2 Å². The van der Waals surface area contributed by atoms with E-state index < -0.39 is 5.91 Å². The molecule has 2 N–H and O–H groups in total. The highest BCUT2D eigenvalue weighted by Gasteiger charge is 2.41. The molecule has 0 aliphatic carbocycles. The molecule has 0 bridgehead atoms. The number of amides is 1. The number of hydrogen-bond acceptors (Lipinski definition) is 5. The van der Waals surface area contributed by atoms with E-state index in [1.165, 1.54) is 24.8 Å². The summed E-state index contributed by atoms with van der Waals surface area (Å²) in [4.78, 5) is 24.5. The Morgan fingerprint density at radius 1 is 1.15 bits per heavy atom. The van der Waals surface area contributed by atoms with Crippen LogP contribution in [0.15, 0.2) is 36.7 Å². The van der Waals surface area contributed by atoms with Crippen molar-refractivity contribution >= 4 is 11.7 Å². The number of piperidine rings is 1. The summed E-state index contributed by atoms with van der Waals surface area (Å²) in [7, 11) is 0. The van der Waals surface area contributed by atoms with Gasteiger partial charge in [0.15, 0.2) is 0 Å². The molecule has 1 aromatic carbocycles. The molecule has 0 radical (unpaired) electrons. The fourth-order valence-electron chi connectivity index (χ4n) is 4.38. The number of halogens is 1. The highest BCUT2D eigenvalue weighted by atomic mass is 19.1. The lowest BCUT2D eigenvalue weighted by Crippen LogP contribution is -2.44. The van der Waals surface area contributed by atoms with Crippen molar-refractivity contribution in [3.8, 4) is 0 Å². The first-order chi connectivity index (χ1) is 13.0. The minimum absolute atomic E-state index is 0.195. The summed E-state index contributed by atoms with van der Waals surface area (Å²) >= 11 is 0. The Bertz CT molecular complexity index is 827. The van der Waals surface area contributed by atoms with E-state index in [2.05, 4.69) is 19.8 Å². The van der Waals surface area contributed by atoms with Gasteiger partial charge in [0, 0.05) is 31.6 Å². The average molecular weight is 369 g/mol. The molecule has 4 rings (SSSR count). The zero-order valence-electron chi connectivity index (χ0n) is 15.3.